The number of benzene rings is 3. The molecule has 196 valence electrons. The summed E-state index contributed by atoms with van der Waals surface area (Å²) in [6.07, 6.45) is 0. The molecule has 8 heteroatoms. The van der Waals surface area contributed by atoms with Gasteiger partial charge in [-0.15, -0.1) is 11.8 Å². The van der Waals surface area contributed by atoms with E-state index in [1.54, 1.807) is 16.3 Å². The fourth-order valence-corrected chi connectivity index (χ4v) is 5.68. The van der Waals surface area contributed by atoms with Gasteiger partial charge in [0.05, 0.1) is 35.0 Å². The van der Waals surface area contributed by atoms with Crippen molar-refractivity contribution in [1.29, 1.82) is 0 Å². The smallest absolute Gasteiger partial charge is 0.266 e. The predicted octanol–water partition coefficient (Wildman–Crippen LogP) is 4.78. The molecule has 1 aliphatic heterocycles. The molecule has 1 unspecified atom stereocenters. The van der Waals surface area contributed by atoms with E-state index in [0.29, 0.717) is 66.7 Å². The monoisotopic (exact) mass is 528 g/mol. The van der Waals surface area contributed by atoms with E-state index in [4.69, 9.17) is 9.72 Å². The Balaban J connectivity index is 1.39. The minimum Gasteiger partial charge on any atom is -0.492 e. The fourth-order valence-electron chi connectivity index (χ4n) is 4.86. The SMILES string of the molecule is CCOc1ccccc1-n1c(C(C)N2CCN(C(=O)CSc3ccccc3)CC2)nc2ccccc2c1=O. The Bertz CT molecular complexity index is 1470. The summed E-state index contributed by atoms with van der Waals surface area (Å²) in [4.78, 5) is 37.0. The highest BCUT2D eigenvalue weighted by Crippen LogP contribution is 2.28. The van der Waals surface area contributed by atoms with Crippen LogP contribution in [0.4, 0.5) is 0 Å². The number of carbonyl (C=O) groups excluding carboxylic acids is 1. The van der Waals surface area contributed by atoms with Crippen molar-refractivity contribution in [2.75, 3.05) is 38.5 Å². The second-order valence-electron chi connectivity index (χ2n) is 9.22. The van der Waals surface area contributed by atoms with Gasteiger partial charge in [-0.2, -0.15) is 0 Å². The van der Waals surface area contributed by atoms with E-state index in [1.165, 1.54) is 0 Å². The van der Waals surface area contributed by atoms with Gasteiger partial charge in [-0.3, -0.25) is 19.1 Å². The number of nitrogens with zero attached hydrogens (tertiary/aromatic N) is 4. The lowest BCUT2D eigenvalue weighted by Crippen LogP contribution is -2.50. The Morgan fingerprint density at radius 2 is 1.63 bits per heavy atom. The van der Waals surface area contributed by atoms with Crippen molar-refractivity contribution in [3.8, 4) is 11.4 Å². The van der Waals surface area contributed by atoms with E-state index >= 15 is 0 Å². The Hall–Kier alpha value is -3.62. The third kappa shape index (κ3) is 5.47. The van der Waals surface area contributed by atoms with Crippen LogP contribution in [0.5, 0.6) is 5.75 Å². The van der Waals surface area contributed by atoms with Gasteiger partial charge in [0.25, 0.3) is 5.56 Å². The molecule has 4 aromatic rings. The molecule has 0 saturated carbocycles. The van der Waals surface area contributed by atoms with E-state index < -0.39 is 0 Å². The topological polar surface area (TPSA) is 67.7 Å². The predicted molar refractivity (Wildman–Crippen MR) is 152 cm³/mol. The zero-order chi connectivity index (χ0) is 26.5. The first-order valence-corrected chi connectivity index (χ1v) is 14.0. The highest BCUT2D eigenvalue weighted by molar-refractivity contribution is 8.00. The Labute approximate surface area is 227 Å². The van der Waals surface area contributed by atoms with Crippen LogP contribution < -0.4 is 10.3 Å². The quantitative estimate of drug-likeness (QED) is 0.307. The first-order chi connectivity index (χ1) is 18.6. The molecule has 5 rings (SSSR count). The molecule has 0 radical (unpaired) electrons. The van der Waals surface area contributed by atoms with Gasteiger partial charge in [0, 0.05) is 31.1 Å². The standard InChI is InChI=1S/C30H32N4O3S/c1-3-37-27-16-10-9-15-26(27)34-29(31-25-14-8-7-13-24(25)30(34)36)22(2)32-17-19-33(20-18-32)28(35)21-38-23-11-5-4-6-12-23/h4-16,22H,3,17-21H2,1-2H3. The highest BCUT2D eigenvalue weighted by atomic mass is 32.2. The normalized spacial score (nSPS) is 14.9. The van der Waals surface area contributed by atoms with Gasteiger partial charge < -0.3 is 9.64 Å². The molecule has 1 saturated heterocycles. The lowest BCUT2D eigenvalue weighted by molar-refractivity contribution is -0.130. The molecule has 1 aromatic heterocycles. The third-order valence-corrected chi connectivity index (χ3v) is 7.90. The number of carbonyl (C=O) groups is 1. The number of thioether (sulfide) groups is 1. The number of hydrogen-bond donors (Lipinski definition) is 0. The summed E-state index contributed by atoms with van der Waals surface area (Å²) in [7, 11) is 0. The third-order valence-electron chi connectivity index (χ3n) is 6.90. The number of aromatic nitrogens is 2. The number of rotatable bonds is 8. The van der Waals surface area contributed by atoms with Crippen molar-refractivity contribution < 1.29 is 9.53 Å². The number of ether oxygens (including phenoxy) is 1. The van der Waals surface area contributed by atoms with E-state index in [2.05, 4.69) is 11.8 Å². The molecule has 1 atom stereocenters. The van der Waals surface area contributed by atoms with Gasteiger partial charge in [0.1, 0.15) is 11.6 Å². The molecule has 1 fully saturated rings. The van der Waals surface area contributed by atoms with Crippen LogP contribution in [-0.4, -0.2) is 63.8 Å². The Morgan fingerprint density at radius 3 is 2.39 bits per heavy atom. The largest absolute Gasteiger partial charge is 0.492 e. The average molecular weight is 529 g/mol. The van der Waals surface area contributed by atoms with Crippen molar-refractivity contribution >= 4 is 28.6 Å². The summed E-state index contributed by atoms with van der Waals surface area (Å²) in [5, 5.41) is 0.570. The molecule has 0 spiro atoms. The van der Waals surface area contributed by atoms with Crippen molar-refractivity contribution in [2.45, 2.75) is 24.8 Å². The van der Waals surface area contributed by atoms with E-state index in [0.717, 1.165) is 4.90 Å². The summed E-state index contributed by atoms with van der Waals surface area (Å²) in [5.41, 5.74) is 1.25. The Kier molecular flexibility index (Phi) is 8.10. The van der Waals surface area contributed by atoms with Crippen LogP contribution >= 0.6 is 11.8 Å². The van der Waals surface area contributed by atoms with Crippen LogP contribution in [0.25, 0.3) is 16.6 Å². The number of piperazine rings is 1. The molecule has 0 N–H and O–H groups in total. The summed E-state index contributed by atoms with van der Waals surface area (Å²) in [6.45, 7) is 7.21. The maximum atomic E-state index is 13.8. The lowest BCUT2D eigenvalue weighted by atomic mass is 10.1. The second kappa shape index (κ2) is 11.8. The summed E-state index contributed by atoms with van der Waals surface area (Å²) >= 11 is 1.57. The van der Waals surface area contributed by atoms with Crippen molar-refractivity contribution in [1.82, 2.24) is 19.4 Å². The first-order valence-electron chi connectivity index (χ1n) is 13.0. The number of para-hydroxylation sites is 3. The molecule has 0 aliphatic carbocycles. The molecule has 0 bridgehead atoms. The van der Waals surface area contributed by atoms with Crippen molar-refractivity contribution in [3.63, 3.8) is 0 Å². The van der Waals surface area contributed by atoms with Gasteiger partial charge >= 0.3 is 0 Å². The van der Waals surface area contributed by atoms with Gasteiger partial charge in [0.2, 0.25) is 5.91 Å². The molecule has 38 heavy (non-hydrogen) atoms. The fraction of sp³-hybridized carbons (Fsp3) is 0.300. The van der Waals surface area contributed by atoms with Crippen molar-refractivity contribution in [2.24, 2.45) is 0 Å². The van der Waals surface area contributed by atoms with Crippen LogP contribution in [0.1, 0.15) is 25.7 Å². The molecule has 2 heterocycles. The number of amides is 1. The number of fused-ring (bicyclic) bond motifs is 1. The zero-order valence-electron chi connectivity index (χ0n) is 21.7. The minimum absolute atomic E-state index is 0.114. The van der Waals surface area contributed by atoms with Crippen LogP contribution in [0.2, 0.25) is 0 Å². The molecular weight excluding hydrogens is 496 g/mol. The summed E-state index contributed by atoms with van der Waals surface area (Å²) in [6, 6.07) is 24.9. The maximum Gasteiger partial charge on any atom is 0.266 e. The molecule has 3 aromatic carbocycles. The lowest BCUT2D eigenvalue weighted by Gasteiger charge is -2.38. The van der Waals surface area contributed by atoms with Crippen LogP contribution in [-0.2, 0) is 4.79 Å². The van der Waals surface area contributed by atoms with E-state index in [1.807, 2.05) is 90.7 Å². The number of hydrogen-bond acceptors (Lipinski definition) is 6. The summed E-state index contributed by atoms with van der Waals surface area (Å²) < 4.78 is 7.59. The van der Waals surface area contributed by atoms with Crippen molar-refractivity contribution in [3.05, 3.63) is 95.0 Å². The molecule has 7 nitrogen and oxygen atoms in total. The van der Waals surface area contributed by atoms with Gasteiger partial charge in [-0.05, 0) is 50.2 Å². The maximum absolute atomic E-state index is 13.8. The molecule has 1 aliphatic rings. The first kappa shape index (κ1) is 26.0. The second-order valence-corrected chi connectivity index (χ2v) is 10.3. The van der Waals surface area contributed by atoms with Gasteiger partial charge in [0.15, 0.2) is 0 Å². The van der Waals surface area contributed by atoms with E-state index in [9.17, 15) is 9.59 Å². The zero-order valence-corrected chi connectivity index (χ0v) is 22.6. The summed E-state index contributed by atoms with van der Waals surface area (Å²) in [5.74, 6) is 1.89. The highest BCUT2D eigenvalue weighted by Gasteiger charge is 2.28. The van der Waals surface area contributed by atoms with Gasteiger partial charge in [-0.25, -0.2) is 4.98 Å². The van der Waals surface area contributed by atoms with Crippen LogP contribution in [0.3, 0.4) is 0 Å². The van der Waals surface area contributed by atoms with Crippen LogP contribution in [0, 0.1) is 0 Å². The van der Waals surface area contributed by atoms with E-state index in [-0.39, 0.29) is 17.5 Å². The molecular formula is C30H32N4O3S. The Morgan fingerprint density at radius 1 is 0.947 bits per heavy atom. The van der Waals surface area contributed by atoms with Gasteiger partial charge in [-0.1, -0.05) is 42.5 Å². The molecule has 1 amide bonds. The average Bonchev–Trinajstić information content (AvgIpc) is 2.97. The van der Waals surface area contributed by atoms with Crippen LogP contribution in [0.15, 0.2) is 88.6 Å². The minimum atomic E-state index is -0.141.